The lowest BCUT2D eigenvalue weighted by molar-refractivity contribution is -0.137. The monoisotopic (exact) mass is 329 g/mol. The molecule has 1 aliphatic heterocycles. The minimum Gasteiger partial charge on any atom is -0.441 e. The van der Waals surface area contributed by atoms with Crippen molar-refractivity contribution in [3.8, 4) is 11.5 Å². The molecule has 0 saturated carbocycles. The first-order valence-electron chi connectivity index (χ1n) is 8.23. The van der Waals surface area contributed by atoms with Crippen LogP contribution in [-0.4, -0.2) is 55.2 Å². The Morgan fingerprint density at radius 2 is 2.17 bits per heavy atom. The van der Waals surface area contributed by atoms with Crippen LogP contribution in [-0.2, 0) is 16.0 Å². The largest absolute Gasteiger partial charge is 0.441 e. The summed E-state index contributed by atoms with van der Waals surface area (Å²) in [6.07, 6.45) is 0.248. The molecule has 1 aromatic heterocycles. The van der Waals surface area contributed by atoms with Gasteiger partial charge in [0.25, 0.3) is 0 Å². The molecule has 0 aliphatic carbocycles. The van der Waals surface area contributed by atoms with Gasteiger partial charge in [-0.2, -0.15) is 0 Å². The van der Waals surface area contributed by atoms with E-state index in [9.17, 15) is 4.79 Å². The van der Waals surface area contributed by atoms with Crippen molar-refractivity contribution in [3.05, 3.63) is 41.8 Å². The van der Waals surface area contributed by atoms with Gasteiger partial charge in [0.15, 0.2) is 0 Å². The second-order valence-electron chi connectivity index (χ2n) is 6.05. The van der Waals surface area contributed by atoms with Crippen LogP contribution in [0, 0.1) is 6.92 Å². The Hall–Kier alpha value is -2.18. The Labute approximate surface area is 141 Å². The lowest BCUT2D eigenvalue weighted by atomic mass is 10.2. The molecule has 0 bridgehead atoms. The number of carbonyl (C=O) groups is 1. The molecule has 1 N–H and O–H groups in total. The summed E-state index contributed by atoms with van der Waals surface area (Å²) in [5.74, 6) is 1.34. The molecule has 0 spiro atoms. The van der Waals surface area contributed by atoms with E-state index in [1.807, 2.05) is 44.3 Å². The summed E-state index contributed by atoms with van der Waals surface area (Å²) in [7, 11) is 1.99. The highest BCUT2D eigenvalue weighted by atomic mass is 16.5. The quantitative estimate of drug-likeness (QED) is 0.903. The van der Waals surface area contributed by atoms with Gasteiger partial charge in [-0.3, -0.25) is 4.79 Å². The Kier molecular flexibility index (Phi) is 5.27. The number of oxazole rings is 1. The van der Waals surface area contributed by atoms with Crippen LogP contribution in [0.1, 0.15) is 11.5 Å². The van der Waals surface area contributed by atoms with Gasteiger partial charge in [-0.05, 0) is 26.1 Å². The number of benzene rings is 1. The molecule has 2 heterocycles. The number of hydrogen-bond donors (Lipinski definition) is 1. The summed E-state index contributed by atoms with van der Waals surface area (Å²) in [4.78, 5) is 18.8. The van der Waals surface area contributed by atoms with E-state index < -0.39 is 0 Å². The molecule has 1 amide bonds. The van der Waals surface area contributed by atoms with Crippen molar-refractivity contribution in [1.82, 2.24) is 15.2 Å². The van der Waals surface area contributed by atoms with Crippen molar-refractivity contribution in [2.45, 2.75) is 19.4 Å². The molecule has 3 rings (SSSR count). The molecule has 1 unspecified atom stereocenters. The van der Waals surface area contributed by atoms with Gasteiger partial charge in [0, 0.05) is 31.6 Å². The van der Waals surface area contributed by atoms with E-state index >= 15 is 0 Å². The molecule has 128 valence electrons. The van der Waals surface area contributed by atoms with Crippen LogP contribution in [0.15, 0.2) is 34.7 Å². The Morgan fingerprint density at radius 1 is 1.38 bits per heavy atom. The smallest absolute Gasteiger partial charge is 0.250 e. The Morgan fingerprint density at radius 3 is 2.92 bits per heavy atom. The molecule has 1 fully saturated rings. The lowest BCUT2D eigenvalue weighted by Crippen LogP contribution is -2.48. The van der Waals surface area contributed by atoms with E-state index in [-0.39, 0.29) is 12.0 Å². The normalized spacial score (nSPS) is 18.5. The van der Waals surface area contributed by atoms with Gasteiger partial charge in [0.2, 0.25) is 11.8 Å². The fourth-order valence-electron chi connectivity index (χ4n) is 2.72. The first-order chi connectivity index (χ1) is 11.6. The first kappa shape index (κ1) is 16.7. The number of nitrogens with one attached hydrogen (secondary N) is 1. The van der Waals surface area contributed by atoms with Gasteiger partial charge in [-0.25, -0.2) is 4.98 Å². The van der Waals surface area contributed by atoms with Gasteiger partial charge >= 0.3 is 0 Å². The van der Waals surface area contributed by atoms with Crippen LogP contribution >= 0.6 is 0 Å². The fraction of sp³-hybridized carbons (Fsp3) is 0.444. The number of hydrogen-bond acceptors (Lipinski definition) is 5. The van der Waals surface area contributed by atoms with E-state index in [4.69, 9.17) is 9.15 Å². The van der Waals surface area contributed by atoms with Crippen LogP contribution in [0.4, 0.5) is 0 Å². The zero-order valence-electron chi connectivity index (χ0n) is 14.1. The maximum absolute atomic E-state index is 12.1. The van der Waals surface area contributed by atoms with Crippen molar-refractivity contribution < 1.29 is 13.9 Å². The molecule has 24 heavy (non-hydrogen) atoms. The van der Waals surface area contributed by atoms with Crippen LogP contribution in [0.3, 0.4) is 0 Å². The van der Waals surface area contributed by atoms with Gasteiger partial charge in [0.05, 0.1) is 12.3 Å². The summed E-state index contributed by atoms with van der Waals surface area (Å²) in [5.41, 5.74) is 1.82. The summed E-state index contributed by atoms with van der Waals surface area (Å²) in [6, 6.07) is 9.80. The van der Waals surface area contributed by atoms with Crippen molar-refractivity contribution in [1.29, 1.82) is 0 Å². The number of morpholine rings is 1. The van der Waals surface area contributed by atoms with Gasteiger partial charge in [-0.15, -0.1) is 0 Å². The van der Waals surface area contributed by atoms with Gasteiger partial charge in [-0.1, -0.05) is 18.2 Å². The minimum absolute atomic E-state index is 0.0639. The highest BCUT2D eigenvalue weighted by Crippen LogP contribution is 2.21. The molecule has 1 saturated heterocycles. The number of amides is 1. The number of aryl methyl sites for hydroxylation is 1. The zero-order valence-corrected chi connectivity index (χ0v) is 14.1. The number of rotatable bonds is 5. The Balaban J connectivity index is 1.53. The van der Waals surface area contributed by atoms with E-state index in [0.717, 1.165) is 23.6 Å². The highest BCUT2D eigenvalue weighted by molar-refractivity contribution is 5.81. The van der Waals surface area contributed by atoms with E-state index in [2.05, 4.69) is 15.2 Å². The highest BCUT2D eigenvalue weighted by Gasteiger charge is 2.24. The maximum atomic E-state index is 12.1. The zero-order chi connectivity index (χ0) is 16.9. The average molecular weight is 329 g/mol. The second-order valence-corrected chi connectivity index (χ2v) is 6.05. The predicted molar refractivity (Wildman–Crippen MR) is 90.6 cm³/mol. The van der Waals surface area contributed by atoms with E-state index in [1.165, 1.54) is 0 Å². The lowest BCUT2D eigenvalue weighted by Gasteiger charge is -2.29. The molecule has 6 nitrogen and oxygen atoms in total. The number of aromatic nitrogens is 1. The topological polar surface area (TPSA) is 67.6 Å². The molecule has 6 heteroatoms. The molecular formula is C18H23N3O3. The van der Waals surface area contributed by atoms with E-state index in [0.29, 0.717) is 32.0 Å². The number of carbonyl (C=O) groups excluding carboxylic acids is 1. The molecule has 1 aromatic carbocycles. The first-order valence-corrected chi connectivity index (χ1v) is 8.23. The van der Waals surface area contributed by atoms with Crippen LogP contribution < -0.4 is 5.32 Å². The summed E-state index contributed by atoms with van der Waals surface area (Å²) in [6.45, 7) is 4.51. The van der Waals surface area contributed by atoms with Crippen molar-refractivity contribution in [2.75, 3.05) is 33.3 Å². The van der Waals surface area contributed by atoms with Crippen LogP contribution in [0.2, 0.25) is 0 Å². The van der Waals surface area contributed by atoms with Crippen LogP contribution in [0.5, 0.6) is 0 Å². The minimum atomic E-state index is -0.387. The van der Waals surface area contributed by atoms with Crippen molar-refractivity contribution in [2.24, 2.45) is 0 Å². The van der Waals surface area contributed by atoms with Gasteiger partial charge < -0.3 is 19.4 Å². The predicted octanol–water partition coefficient (Wildman–Crippen LogP) is 1.64. The number of likely N-dealkylation sites (N-methyl/N-ethyl adjacent to an activating group) is 1. The standard InChI is InChI=1S/C18H23N3O3/c1-13-15(20-18(24-13)14-6-4-3-5-7-14)8-9-19-17(22)16-12-21(2)10-11-23-16/h3-7,16H,8-12H2,1-2H3,(H,19,22). The third-order valence-electron chi connectivity index (χ3n) is 4.14. The molecule has 1 aliphatic rings. The maximum Gasteiger partial charge on any atom is 0.250 e. The molecule has 0 radical (unpaired) electrons. The summed E-state index contributed by atoms with van der Waals surface area (Å²) in [5, 5.41) is 2.93. The molecular weight excluding hydrogens is 306 g/mol. The average Bonchev–Trinajstić information content (AvgIpc) is 2.96. The third kappa shape index (κ3) is 4.01. The van der Waals surface area contributed by atoms with Crippen LogP contribution in [0.25, 0.3) is 11.5 Å². The molecule has 2 aromatic rings. The second kappa shape index (κ2) is 7.59. The SMILES string of the molecule is Cc1oc(-c2ccccc2)nc1CCNC(=O)C1CN(C)CCO1. The number of ether oxygens (including phenoxy) is 1. The number of nitrogens with zero attached hydrogens (tertiary/aromatic N) is 2. The van der Waals surface area contributed by atoms with Gasteiger partial charge in [0.1, 0.15) is 11.9 Å². The molecule has 1 atom stereocenters. The summed E-state index contributed by atoms with van der Waals surface area (Å²) < 4.78 is 11.2. The van der Waals surface area contributed by atoms with E-state index in [1.54, 1.807) is 0 Å². The van der Waals surface area contributed by atoms with Crippen molar-refractivity contribution >= 4 is 5.91 Å². The third-order valence-corrected chi connectivity index (χ3v) is 4.14. The summed E-state index contributed by atoms with van der Waals surface area (Å²) >= 11 is 0. The fourth-order valence-corrected chi connectivity index (χ4v) is 2.72. The Bertz CT molecular complexity index is 684. The van der Waals surface area contributed by atoms with Crippen molar-refractivity contribution in [3.63, 3.8) is 0 Å².